The molecule has 0 bridgehead atoms. The number of thiazole rings is 1. The van der Waals surface area contributed by atoms with Crippen LogP contribution in [0.3, 0.4) is 0 Å². The van der Waals surface area contributed by atoms with Crippen molar-refractivity contribution in [2.75, 3.05) is 17.3 Å². The number of thiophene rings is 1. The van der Waals surface area contributed by atoms with Crippen LogP contribution in [0.15, 0.2) is 80.3 Å². The van der Waals surface area contributed by atoms with Crippen molar-refractivity contribution < 1.29 is 19.1 Å². The van der Waals surface area contributed by atoms with Crippen LogP contribution in [-0.4, -0.2) is 34.6 Å². The number of hydrogen-bond acceptors (Lipinski definition) is 8. The van der Waals surface area contributed by atoms with E-state index < -0.39 is 17.1 Å². The lowest BCUT2D eigenvalue weighted by Gasteiger charge is -2.29. The fourth-order valence-corrected chi connectivity index (χ4v) is 8.88. The first-order valence-corrected chi connectivity index (χ1v) is 15.2. The molecule has 8 nitrogen and oxygen atoms in total. The number of nitrogens with one attached hydrogen (secondary N) is 1. The highest BCUT2D eigenvalue weighted by molar-refractivity contribution is 9.10. The molecule has 2 aliphatic heterocycles. The highest BCUT2D eigenvalue weighted by Gasteiger charge is 2.57. The monoisotopic (exact) mass is 641 g/mol. The van der Waals surface area contributed by atoms with E-state index in [4.69, 9.17) is 4.74 Å². The molecule has 1 N–H and O–H groups in total. The first kappa shape index (κ1) is 26.1. The molecule has 198 valence electrons. The summed E-state index contributed by atoms with van der Waals surface area (Å²) in [5, 5.41) is 4.57. The van der Waals surface area contributed by atoms with Crippen LogP contribution in [0.2, 0.25) is 0 Å². The molecule has 0 saturated carbocycles. The number of benzene rings is 2. The maximum absolute atomic E-state index is 13.8. The van der Waals surface area contributed by atoms with Crippen molar-refractivity contribution in [2.24, 2.45) is 5.92 Å². The number of rotatable bonds is 6. The van der Waals surface area contributed by atoms with Crippen molar-refractivity contribution in [3.63, 3.8) is 0 Å². The number of amides is 3. The van der Waals surface area contributed by atoms with Gasteiger partial charge in [-0.25, -0.2) is 4.90 Å². The summed E-state index contributed by atoms with van der Waals surface area (Å²) in [6.45, 7) is -0.212. The van der Waals surface area contributed by atoms with Crippen LogP contribution in [0.4, 0.5) is 11.4 Å². The molecule has 0 spiro atoms. The number of hydrogen-bond donors (Lipinski definition) is 1. The summed E-state index contributed by atoms with van der Waals surface area (Å²) in [5.41, 5.74) is 1.08. The average molecular weight is 643 g/mol. The van der Waals surface area contributed by atoms with Gasteiger partial charge in [0.1, 0.15) is 17.5 Å². The van der Waals surface area contributed by atoms with E-state index >= 15 is 0 Å². The lowest BCUT2D eigenvalue weighted by atomic mass is 9.87. The van der Waals surface area contributed by atoms with Crippen LogP contribution in [0, 0.1) is 5.92 Å². The molecule has 4 heterocycles. The zero-order valence-electron chi connectivity index (χ0n) is 20.3. The third kappa shape index (κ3) is 4.65. The van der Waals surface area contributed by atoms with Gasteiger partial charge in [0.25, 0.3) is 0 Å². The van der Waals surface area contributed by atoms with E-state index in [1.54, 1.807) is 55.6 Å². The Morgan fingerprint density at radius 1 is 1.03 bits per heavy atom. The highest BCUT2D eigenvalue weighted by atomic mass is 79.9. The minimum Gasteiger partial charge on any atom is -0.497 e. The zero-order chi connectivity index (χ0) is 27.3. The number of anilines is 2. The van der Waals surface area contributed by atoms with Gasteiger partial charge in [-0.1, -0.05) is 45.1 Å². The van der Waals surface area contributed by atoms with Crippen LogP contribution in [0.25, 0.3) is 0 Å². The Balaban J connectivity index is 1.35. The molecule has 6 rings (SSSR count). The summed E-state index contributed by atoms with van der Waals surface area (Å²) < 4.78 is 7.41. The Bertz CT molecular complexity index is 1630. The van der Waals surface area contributed by atoms with Gasteiger partial charge >= 0.3 is 4.87 Å². The summed E-state index contributed by atoms with van der Waals surface area (Å²) in [7, 11) is 1.56. The van der Waals surface area contributed by atoms with Gasteiger partial charge in [0, 0.05) is 25.8 Å². The first-order valence-electron chi connectivity index (χ1n) is 11.9. The van der Waals surface area contributed by atoms with Gasteiger partial charge in [-0.15, -0.1) is 11.3 Å². The zero-order valence-corrected chi connectivity index (χ0v) is 24.4. The topological polar surface area (TPSA) is 97.7 Å². The van der Waals surface area contributed by atoms with Gasteiger partial charge in [0.15, 0.2) is 0 Å². The van der Waals surface area contributed by atoms with Gasteiger partial charge in [0.2, 0.25) is 17.7 Å². The Labute approximate surface area is 243 Å². The van der Waals surface area contributed by atoms with E-state index in [9.17, 15) is 19.2 Å². The van der Waals surface area contributed by atoms with E-state index in [2.05, 4.69) is 21.2 Å². The fraction of sp³-hybridized carbons (Fsp3) is 0.185. The third-order valence-electron chi connectivity index (χ3n) is 6.66. The van der Waals surface area contributed by atoms with Crippen molar-refractivity contribution in [1.29, 1.82) is 0 Å². The minimum absolute atomic E-state index is 0.212. The maximum Gasteiger partial charge on any atom is 0.308 e. The largest absolute Gasteiger partial charge is 0.497 e. The molecule has 2 aliphatic rings. The highest BCUT2D eigenvalue weighted by Crippen LogP contribution is 2.54. The number of imide groups is 1. The lowest BCUT2D eigenvalue weighted by Crippen LogP contribution is -2.32. The van der Waals surface area contributed by atoms with E-state index in [1.165, 1.54) is 32.6 Å². The molecule has 0 radical (unpaired) electrons. The van der Waals surface area contributed by atoms with Crippen molar-refractivity contribution in [3.8, 4) is 5.75 Å². The van der Waals surface area contributed by atoms with Crippen molar-refractivity contribution >= 4 is 79.5 Å². The Morgan fingerprint density at radius 3 is 2.44 bits per heavy atom. The van der Waals surface area contributed by atoms with E-state index in [0.29, 0.717) is 27.0 Å². The van der Waals surface area contributed by atoms with Crippen LogP contribution >= 0.6 is 50.4 Å². The van der Waals surface area contributed by atoms with Crippen LogP contribution < -0.4 is 19.8 Å². The second-order valence-corrected chi connectivity index (χ2v) is 13.0. The SMILES string of the molecule is COc1ccc(NC(=O)Cn2c3c(sc2=O)[C@H](c2cccs2)C2C(=O)N(c4ccc(Br)cc4)C(=O)C2S3)cc1. The number of fused-ring (bicyclic) bond motifs is 2. The smallest absolute Gasteiger partial charge is 0.308 e. The summed E-state index contributed by atoms with van der Waals surface area (Å²) >= 11 is 7.12. The standard InChI is InChI=1S/C27H20BrN3O5S3/c1-36-17-10-6-15(7-11-17)29-19(32)13-30-26-23(39-27(30)35)20(18-3-2-12-37-18)21-22(38-26)25(34)31(24(21)33)16-8-4-14(28)5-9-16/h2-12,20-22H,13H2,1H3,(H,29,32)/t20-,21?,22?/m1/s1. The number of ether oxygens (including phenoxy) is 1. The molecule has 12 heteroatoms. The predicted octanol–water partition coefficient (Wildman–Crippen LogP) is 5.18. The number of nitrogens with zero attached hydrogens (tertiary/aromatic N) is 2. The second-order valence-electron chi connectivity index (χ2n) is 8.95. The predicted molar refractivity (Wildman–Crippen MR) is 156 cm³/mol. The number of carbonyl (C=O) groups is 3. The van der Waals surface area contributed by atoms with E-state index in [0.717, 1.165) is 20.7 Å². The number of halogens is 1. The van der Waals surface area contributed by atoms with E-state index in [1.807, 2.05) is 17.5 Å². The molecular weight excluding hydrogens is 622 g/mol. The summed E-state index contributed by atoms with van der Waals surface area (Å²) in [4.78, 5) is 56.2. The van der Waals surface area contributed by atoms with Crippen LogP contribution in [-0.2, 0) is 20.9 Å². The number of aromatic nitrogens is 1. The quantitative estimate of drug-likeness (QED) is 0.292. The molecule has 4 aromatic rings. The van der Waals surface area contributed by atoms with Crippen molar-refractivity contribution in [2.45, 2.75) is 22.7 Å². The first-order chi connectivity index (χ1) is 18.9. The molecule has 2 unspecified atom stereocenters. The molecule has 3 amide bonds. The second kappa shape index (κ2) is 10.4. The fourth-order valence-electron chi connectivity index (χ4n) is 4.89. The van der Waals surface area contributed by atoms with Gasteiger partial charge in [-0.2, -0.15) is 0 Å². The third-order valence-corrected chi connectivity index (χ3v) is 10.7. The number of thioether (sulfide) groups is 1. The van der Waals surface area contributed by atoms with Gasteiger partial charge in [0.05, 0.1) is 23.7 Å². The molecular formula is C27H20BrN3O5S3. The molecule has 3 atom stereocenters. The van der Waals surface area contributed by atoms with Crippen molar-refractivity contribution in [3.05, 3.63) is 89.9 Å². The molecule has 2 aromatic carbocycles. The minimum atomic E-state index is -0.717. The van der Waals surface area contributed by atoms with Crippen LogP contribution in [0.5, 0.6) is 5.75 Å². The van der Waals surface area contributed by atoms with Crippen molar-refractivity contribution in [1.82, 2.24) is 4.57 Å². The average Bonchev–Trinajstić information content (AvgIpc) is 3.63. The Kier molecular flexibility index (Phi) is 6.96. The van der Waals surface area contributed by atoms with Crippen LogP contribution in [0.1, 0.15) is 15.7 Å². The molecule has 1 fully saturated rings. The summed E-state index contributed by atoms with van der Waals surface area (Å²) in [6.07, 6.45) is 0. The lowest BCUT2D eigenvalue weighted by molar-refractivity contribution is -0.122. The molecule has 1 saturated heterocycles. The van der Waals surface area contributed by atoms with E-state index in [-0.39, 0.29) is 29.1 Å². The maximum atomic E-state index is 13.8. The molecule has 39 heavy (non-hydrogen) atoms. The summed E-state index contributed by atoms with van der Waals surface area (Å²) in [6, 6.07) is 17.8. The van der Waals surface area contributed by atoms with Gasteiger partial charge < -0.3 is 10.1 Å². The summed E-state index contributed by atoms with van der Waals surface area (Å²) in [5.74, 6) is -1.42. The van der Waals surface area contributed by atoms with Gasteiger partial charge in [-0.05, 0) is 60.0 Å². The molecule has 2 aromatic heterocycles. The number of carbonyl (C=O) groups excluding carboxylic acids is 3. The Hall–Kier alpha value is -3.19. The Morgan fingerprint density at radius 2 is 1.77 bits per heavy atom. The van der Waals surface area contributed by atoms with Gasteiger partial charge in [-0.3, -0.25) is 23.7 Å². The normalized spacial score (nSPS) is 20.1. The molecule has 0 aliphatic carbocycles. The number of methoxy groups -OCH3 is 1.